The number of aromatic hydroxyl groups is 1. The molecular formula is C19H14O4S. The smallest absolute Gasteiger partial charge is 0.351 e. The van der Waals surface area contributed by atoms with Crippen LogP contribution in [0.1, 0.15) is 21.0 Å². The number of rotatable bonds is 4. The van der Waals surface area contributed by atoms with Gasteiger partial charge in [0.05, 0.1) is 0 Å². The molecule has 0 bridgehead atoms. The molecule has 0 spiro atoms. The van der Waals surface area contributed by atoms with Crippen molar-refractivity contribution in [2.24, 2.45) is 0 Å². The van der Waals surface area contributed by atoms with Gasteiger partial charge < -0.3 is 9.52 Å². The predicted molar refractivity (Wildman–Crippen MR) is 94.5 cm³/mol. The van der Waals surface area contributed by atoms with E-state index < -0.39 is 11.4 Å². The van der Waals surface area contributed by atoms with E-state index in [9.17, 15) is 14.7 Å². The fourth-order valence-corrected chi connectivity index (χ4v) is 3.18. The summed E-state index contributed by atoms with van der Waals surface area (Å²) in [5, 5.41) is 9.78. The van der Waals surface area contributed by atoms with Crippen LogP contribution >= 0.6 is 11.3 Å². The third-order valence-corrected chi connectivity index (χ3v) is 4.48. The van der Waals surface area contributed by atoms with Crippen molar-refractivity contribution >= 4 is 23.2 Å². The molecule has 0 saturated heterocycles. The molecule has 0 atom stereocenters. The molecular weight excluding hydrogens is 324 g/mol. The Morgan fingerprint density at radius 2 is 1.92 bits per heavy atom. The van der Waals surface area contributed by atoms with Gasteiger partial charge in [-0.3, -0.25) is 4.79 Å². The van der Waals surface area contributed by atoms with Gasteiger partial charge in [-0.1, -0.05) is 30.3 Å². The van der Waals surface area contributed by atoms with Gasteiger partial charge in [0.15, 0.2) is 5.78 Å². The van der Waals surface area contributed by atoms with E-state index in [0.29, 0.717) is 0 Å². The summed E-state index contributed by atoms with van der Waals surface area (Å²) in [6.45, 7) is 1.53. The summed E-state index contributed by atoms with van der Waals surface area (Å²) >= 11 is 1.53. The van der Waals surface area contributed by atoms with Crippen LogP contribution in [0.25, 0.3) is 16.5 Å². The summed E-state index contributed by atoms with van der Waals surface area (Å²) in [5.41, 5.74) is -0.0831. The minimum atomic E-state index is -0.835. The zero-order valence-electron chi connectivity index (χ0n) is 12.9. The molecule has 1 aromatic carbocycles. The minimum Gasteiger partial charge on any atom is -0.507 e. The van der Waals surface area contributed by atoms with Gasteiger partial charge in [0.2, 0.25) is 0 Å². The van der Waals surface area contributed by atoms with Crippen LogP contribution in [0.2, 0.25) is 0 Å². The number of ketones is 1. The first-order chi connectivity index (χ1) is 11.5. The Labute approximate surface area is 142 Å². The molecule has 0 aliphatic rings. The Hall–Kier alpha value is -2.92. The highest BCUT2D eigenvalue weighted by molar-refractivity contribution is 7.16. The van der Waals surface area contributed by atoms with Crippen molar-refractivity contribution in [1.29, 1.82) is 0 Å². The Morgan fingerprint density at radius 1 is 1.17 bits per heavy atom. The van der Waals surface area contributed by atoms with Crippen LogP contribution in [0, 0.1) is 6.92 Å². The number of carbonyl (C=O) groups is 1. The quantitative estimate of drug-likeness (QED) is 0.569. The van der Waals surface area contributed by atoms with Crippen LogP contribution in [-0.4, -0.2) is 10.9 Å². The average Bonchev–Trinajstić information content (AvgIpc) is 3.02. The fourth-order valence-electron chi connectivity index (χ4n) is 2.26. The number of aryl methyl sites for hydroxylation is 1. The van der Waals surface area contributed by atoms with Gasteiger partial charge >= 0.3 is 5.63 Å². The molecule has 0 fully saturated rings. The van der Waals surface area contributed by atoms with Crippen LogP contribution in [-0.2, 0) is 0 Å². The SMILES string of the molecule is Cc1cc(O)c(C(=O)/C=C/c2ccc(-c3ccccc3)s2)c(=O)o1. The molecule has 0 saturated carbocycles. The van der Waals surface area contributed by atoms with E-state index in [1.807, 2.05) is 42.5 Å². The molecule has 2 heterocycles. The summed E-state index contributed by atoms with van der Waals surface area (Å²) in [7, 11) is 0. The van der Waals surface area contributed by atoms with E-state index in [4.69, 9.17) is 4.42 Å². The van der Waals surface area contributed by atoms with Crippen molar-refractivity contribution in [3.8, 4) is 16.2 Å². The van der Waals surface area contributed by atoms with Gasteiger partial charge in [0.25, 0.3) is 0 Å². The second-order valence-corrected chi connectivity index (χ2v) is 6.29. The van der Waals surface area contributed by atoms with Gasteiger partial charge in [0.1, 0.15) is 17.1 Å². The van der Waals surface area contributed by atoms with E-state index in [0.717, 1.165) is 15.3 Å². The third kappa shape index (κ3) is 3.36. The maximum atomic E-state index is 12.1. The van der Waals surface area contributed by atoms with Gasteiger partial charge in [-0.15, -0.1) is 11.3 Å². The lowest BCUT2D eigenvalue weighted by atomic mass is 10.1. The molecule has 2 aromatic heterocycles. The number of allylic oxidation sites excluding steroid dienone is 1. The van der Waals surface area contributed by atoms with Gasteiger partial charge in [-0.05, 0) is 36.8 Å². The summed E-state index contributed by atoms with van der Waals surface area (Å²) in [6, 6.07) is 15.0. The summed E-state index contributed by atoms with van der Waals surface area (Å²) < 4.78 is 4.86. The van der Waals surface area contributed by atoms with E-state index in [2.05, 4.69) is 0 Å². The van der Waals surface area contributed by atoms with Crippen molar-refractivity contribution < 1.29 is 14.3 Å². The molecule has 3 aromatic rings. The maximum absolute atomic E-state index is 12.1. The van der Waals surface area contributed by atoms with Crippen LogP contribution < -0.4 is 5.63 Å². The van der Waals surface area contributed by atoms with Crippen LogP contribution in [0.4, 0.5) is 0 Å². The Bertz CT molecular complexity index is 965. The topological polar surface area (TPSA) is 67.5 Å². The molecule has 24 heavy (non-hydrogen) atoms. The normalized spacial score (nSPS) is 11.0. The summed E-state index contributed by atoms with van der Waals surface area (Å²) in [5.74, 6) is -0.700. The van der Waals surface area contributed by atoms with E-state index in [-0.39, 0.29) is 17.1 Å². The Kier molecular flexibility index (Phi) is 4.44. The molecule has 0 radical (unpaired) electrons. The Morgan fingerprint density at radius 3 is 2.62 bits per heavy atom. The first-order valence-corrected chi connectivity index (χ1v) is 8.07. The Balaban J connectivity index is 1.83. The van der Waals surface area contributed by atoms with E-state index >= 15 is 0 Å². The monoisotopic (exact) mass is 338 g/mol. The van der Waals surface area contributed by atoms with Crippen molar-refractivity contribution in [2.75, 3.05) is 0 Å². The molecule has 5 heteroatoms. The van der Waals surface area contributed by atoms with Gasteiger partial charge in [0, 0.05) is 15.8 Å². The summed E-state index contributed by atoms with van der Waals surface area (Å²) in [4.78, 5) is 25.8. The molecule has 0 aliphatic carbocycles. The molecule has 0 aliphatic heterocycles. The van der Waals surface area contributed by atoms with Crippen LogP contribution in [0.15, 0.2) is 63.8 Å². The zero-order valence-corrected chi connectivity index (χ0v) is 13.7. The lowest BCUT2D eigenvalue weighted by molar-refractivity contribution is 0.104. The highest BCUT2D eigenvalue weighted by atomic mass is 32.1. The first kappa shape index (κ1) is 16.0. The van der Waals surface area contributed by atoms with Gasteiger partial charge in [-0.25, -0.2) is 4.79 Å². The predicted octanol–water partition coefficient (Wildman–Crippen LogP) is 4.28. The number of benzene rings is 1. The number of carbonyl (C=O) groups excluding carboxylic acids is 1. The third-order valence-electron chi connectivity index (χ3n) is 3.38. The second kappa shape index (κ2) is 6.68. The second-order valence-electron chi connectivity index (χ2n) is 5.17. The molecule has 120 valence electrons. The molecule has 0 amide bonds. The molecule has 4 nitrogen and oxygen atoms in total. The largest absolute Gasteiger partial charge is 0.507 e. The fraction of sp³-hybridized carbons (Fsp3) is 0.0526. The molecule has 0 unspecified atom stereocenters. The van der Waals surface area contributed by atoms with Crippen molar-refractivity contribution in [3.63, 3.8) is 0 Å². The van der Waals surface area contributed by atoms with E-state index in [1.165, 1.54) is 30.4 Å². The van der Waals surface area contributed by atoms with Gasteiger partial charge in [-0.2, -0.15) is 0 Å². The number of hydrogen-bond acceptors (Lipinski definition) is 5. The van der Waals surface area contributed by atoms with Crippen molar-refractivity contribution in [1.82, 2.24) is 0 Å². The lowest BCUT2D eigenvalue weighted by Gasteiger charge is -1.99. The lowest BCUT2D eigenvalue weighted by Crippen LogP contribution is -2.12. The highest BCUT2D eigenvalue weighted by Gasteiger charge is 2.15. The highest BCUT2D eigenvalue weighted by Crippen LogP contribution is 2.28. The maximum Gasteiger partial charge on any atom is 0.351 e. The standard InChI is InChI=1S/C19H14O4S/c1-12-11-16(21)18(19(22)23-12)15(20)9-7-14-8-10-17(24-14)13-5-3-2-4-6-13/h2-11,21H,1H3/b9-7+. The van der Waals surface area contributed by atoms with Crippen molar-refractivity contribution in [3.05, 3.63) is 81.2 Å². The van der Waals surface area contributed by atoms with Crippen molar-refractivity contribution in [2.45, 2.75) is 6.92 Å². The van der Waals surface area contributed by atoms with Crippen LogP contribution in [0.5, 0.6) is 5.75 Å². The number of hydrogen-bond donors (Lipinski definition) is 1. The minimum absolute atomic E-state index is 0.254. The number of thiophene rings is 1. The first-order valence-electron chi connectivity index (χ1n) is 7.26. The zero-order chi connectivity index (χ0) is 17.1. The summed E-state index contributed by atoms with van der Waals surface area (Å²) in [6.07, 6.45) is 2.89. The molecule has 3 rings (SSSR count). The average molecular weight is 338 g/mol. The van der Waals surface area contributed by atoms with E-state index in [1.54, 1.807) is 6.08 Å². The van der Waals surface area contributed by atoms with Crippen LogP contribution in [0.3, 0.4) is 0 Å². The molecule has 1 N–H and O–H groups in total.